The first-order valence-corrected chi connectivity index (χ1v) is 5.87. The Kier molecular flexibility index (Phi) is 5.82. The molecule has 0 aromatic heterocycles. The third-order valence-corrected chi connectivity index (χ3v) is 2.32. The lowest BCUT2D eigenvalue weighted by atomic mass is 10.1. The SMILES string of the molecule is NC(=O)NCCNC(=O)Nc1ccccc1CC(=O)O. The van der Waals surface area contributed by atoms with Gasteiger partial charge < -0.3 is 26.8 Å². The van der Waals surface area contributed by atoms with Crippen molar-refractivity contribution in [3.63, 3.8) is 0 Å². The van der Waals surface area contributed by atoms with E-state index in [2.05, 4.69) is 16.0 Å². The van der Waals surface area contributed by atoms with Crippen molar-refractivity contribution in [2.24, 2.45) is 5.73 Å². The molecule has 1 rings (SSSR count). The largest absolute Gasteiger partial charge is 0.481 e. The Bertz CT molecular complexity index is 504. The van der Waals surface area contributed by atoms with Gasteiger partial charge in [0.25, 0.3) is 0 Å². The fourth-order valence-electron chi connectivity index (χ4n) is 1.49. The molecule has 0 saturated carbocycles. The summed E-state index contributed by atoms with van der Waals surface area (Å²) in [6.07, 6.45) is -0.181. The molecule has 6 N–H and O–H groups in total. The average molecular weight is 280 g/mol. The second-order valence-electron chi connectivity index (χ2n) is 3.90. The summed E-state index contributed by atoms with van der Waals surface area (Å²) in [5.74, 6) is -0.981. The summed E-state index contributed by atoms with van der Waals surface area (Å²) in [6, 6.07) is 5.46. The molecule has 0 aliphatic rings. The third kappa shape index (κ3) is 5.71. The number of benzene rings is 1. The van der Waals surface area contributed by atoms with Crippen LogP contribution in [0.25, 0.3) is 0 Å². The normalized spacial score (nSPS) is 9.60. The molecule has 0 unspecified atom stereocenters. The highest BCUT2D eigenvalue weighted by molar-refractivity contribution is 5.90. The van der Waals surface area contributed by atoms with Gasteiger partial charge in [-0.05, 0) is 11.6 Å². The molecule has 0 fully saturated rings. The van der Waals surface area contributed by atoms with Crippen molar-refractivity contribution in [3.05, 3.63) is 29.8 Å². The Labute approximate surface area is 115 Å². The van der Waals surface area contributed by atoms with Crippen molar-refractivity contribution in [1.29, 1.82) is 0 Å². The zero-order valence-electron chi connectivity index (χ0n) is 10.7. The van der Waals surface area contributed by atoms with Crippen LogP contribution in [0.4, 0.5) is 15.3 Å². The number of primary amides is 1. The molecule has 0 aliphatic heterocycles. The second kappa shape index (κ2) is 7.62. The van der Waals surface area contributed by atoms with Gasteiger partial charge in [-0.15, -0.1) is 0 Å². The Hall–Kier alpha value is -2.77. The topological polar surface area (TPSA) is 134 Å². The minimum atomic E-state index is -0.981. The number of amides is 4. The number of carbonyl (C=O) groups is 3. The van der Waals surface area contributed by atoms with E-state index in [9.17, 15) is 14.4 Å². The number of carboxylic acid groups (broad SMARTS) is 1. The van der Waals surface area contributed by atoms with Crippen LogP contribution in [-0.2, 0) is 11.2 Å². The van der Waals surface area contributed by atoms with Crippen molar-refractivity contribution in [1.82, 2.24) is 10.6 Å². The van der Waals surface area contributed by atoms with Gasteiger partial charge in [-0.2, -0.15) is 0 Å². The smallest absolute Gasteiger partial charge is 0.319 e. The molecule has 20 heavy (non-hydrogen) atoms. The maximum Gasteiger partial charge on any atom is 0.319 e. The second-order valence-corrected chi connectivity index (χ2v) is 3.90. The first-order valence-electron chi connectivity index (χ1n) is 5.87. The standard InChI is InChI=1S/C12H16N4O4/c13-11(19)14-5-6-15-12(20)16-9-4-2-1-3-8(9)7-10(17)18/h1-4H,5-7H2,(H,17,18)(H3,13,14,19)(H2,15,16,20). The molecule has 0 saturated heterocycles. The maximum absolute atomic E-state index is 11.6. The van der Waals surface area contributed by atoms with Gasteiger partial charge in [-0.1, -0.05) is 18.2 Å². The van der Waals surface area contributed by atoms with Crippen molar-refractivity contribution >= 4 is 23.7 Å². The van der Waals surface area contributed by atoms with Crippen LogP contribution in [0.1, 0.15) is 5.56 Å². The van der Waals surface area contributed by atoms with Gasteiger partial charge in [0, 0.05) is 18.8 Å². The van der Waals surface area contributed by atoms with E-state index in [1.165, 1.54) is 0 Å². The lowest BCUT2D eigenvalue weighted by Crippen LogP contribution is -2.38. The molecule has 1 aromatic carbocycles. The zero-order chi connectivity index (χ0) is 15.0. The monoisotopic (exact) mass is 280 g/mol. The van der Waals surface area contributed by atoms with Gasteiger partial charge in [0.15, 0.2) is 0 Å². The molecule has 108 valence electrons. The fraction of sp³-hybridized carbons (Fsp3) is 0.250. The van der Waals surface area contributed by atoms with E-state index in [0.717, 1.165) is 0 Å². The number of hydrogen-bond donors (Lipinski definition) is 5. The van der Waals surface area contributed by atoms with Crippen molar-refractivity contribution in [2.75, 3.05) is 18.4 Å². The predicted octanol–water partition coefficient (Wildman–Crippen LogP) is 0.103. The van der Waals surface area contributed by atoms with E-state index < -0.39 is 18.0 Å². The molecular formula is C12H16N4O4. The molecule has 8 heteroatoms. The van der Waals surface area contributed by atoms with Crippen LogP contribution >= 0.6 is 0 Å². The number of hydrogen-bond acceptors (Lipinski definition) is 3. The molecule has 0 spiro atoms. The average Bonchev–Trinajstić information content (AvgIpc) is 2.36. The van der Waals surface area contributed by atoms with Crippen LogP contribution in [0.5, 0.6) is 0 Å². The third-order valence-electron chi connectivity index (χ3n) is 2.32. The number of carbonyl (C=O) groups excluding carboxylic acids is 2. The van der Waals surface area contributed by atoms with Crippen LogP contribution in [0.2, 0.25) is 0 Å². The van der Waals surface area contributed by atoms with Crippen molar-refractivity contribution in [2.45, 2.75) is 6.42 Å². The van der Waals surface area contributed by atoms with E-state index in [1.807, 2.05) is 0 Å². The highest BCUT2D eigenvalue weighted by Crippen LogP contribution is 2.15. The number of para-hydroxylation sites is 1. The van der Waals surface area contributed by atoms with Gasteiger partial charge in [-0.3, -0.25) is 4.79 Å². The molecule has 0 atom stereocenters. The number of nitrogens with two attached hydrogens (primary N) is 1. The molecular weight excluding hydrogens is 264 g/mol. The summed E-state index contributed by atoms with van der Waals surface area (Å²) in [4.78, 5) is 32.7. The molecule has 0 heterocycles. The lowest BCUT2D eigenvalue weighted by molar-refractivity contribution is -0.136. The van der Waals surface area contributed by atoms with Gasteiger partial charge in [0.05, 0.1) is 6.42 Å². The van der Waals surface area contributed by atoms with Gasteiger partial charge >= 0.3 is 18.0 Å². The number of nitrogens with one attached hydrogen (secondary N) is 3. The summed E-state index contributed by atoms with van der Waals surface area (Å²) in [7, 11) is 0. The summed E-state index contributed by atoms with van der Waals surface area (Å²) >= 11 is 0. The number of anilines is 1. The highest BCUT2D eigenvalue weighted by Gasteiger charge is 2.08. The summed E-state index contributed by atoms with van der Waals surface area (Å²) < 4.78 is 0. The Morgan fingerprint density at radius 2 is 1.75 bits per heavy atom. The van der Waals surface area contributed by atoms with Gasteiger partial charge in [-0.25, -0.2) is 9.59 Å². The number of urea groups is 2. The van der Waals surface area contributed by atoms with Gasteiger partial charge in [0.2, 0.25) is 0 Å². The molecule has 0 bridgehead atoms. The highest BCUT2D eigenvalue weighted by atomic mass is 16.4. The molecule has 0 radical (unpaired) electrons. The van der Waals surface area contributed by atoms with Crippen LogP contribution in [-0.4, -0.2) is 36.2 Å². The Morgan fingerprint density at radius 3 is 2.40 bits per heavy atom. The van der Waals surface area contributed by atoms with Crippen LogP contribution in [0.3, 0.4) is 0 Å². The lowest BCUT2D eigenvalue weighted by Gasteiger charge is -2.11. The summed E-state index contributed by atoms with van der Waals surface area (Å²) in [5.41, 5.74) is 5.80. The van der Waals surface area contributed by atoms with Crippen LogP contribution in [0.15, 0.2) is 24.3 Å². The first-order chi connectivity index (χ1) is 9.49. The number of aliphatic carboxylic acids is 1. The molecule has 8 nitrogen and oxygen atoms in total. The molecule has 4 amide bonds. The van der Waals surface area contributed by atoms with Crippen molar-refractivity contribution < 1.29 is 19.5 Å². The number of rotatable bonds is 6. The molecule has 1 aromatic rings. The minimum Gasteiger partial charge on any atom is -0.481 e. The zero-order valence-corrected chi connectivity index (χ0v) is 10.7. The van der Waals surface area contributed by atoms with E-state index in [4.69, 9.17) is 10.8 Å². The Balaban J connectivity index is 2.49. The summed E-state index contributed by atoms with van der Waals surface area (Å²) in [5, 5.41) is 16.1. The minimum absolute atomic E-state index is 0.181. The summed E-state index contributed by atoms with van der Waals surface area (Å²) in [6.45, 7) is 0.412. The quantitative estimate of drug-likeness (QED) is 0.472. The first kappa shape index (κ1) is 15.3. The molecule has 0 aliphatic carbocycles. The Morgan fingerprint density at radius 1 is 1.10 bits per heavy atom. The van der Waals surface area contributed by atoms with E-state index in [1.54, 1.807) is 24.3 Å². The van der Waals surface area contributed by atoms with E-state index >= 15 is 0 Å². The van der Waals surface area contributed by atoms with Crippen LogP contribution in [0, 0.1) is 0 Å². The van der Waals surface area contributed by atoms with Crippen molar-refractivity contribution in [3.8, 4) is 0 Å². The fourth-order valence-corrected chi connectivity index (χ4v) is 1.49. The van der Waals surface area contributed by atoms with Gasteiger partial charge in [0.1, 0.15) is 0 Å². The number of carboxylic acids is 1. The predicted molar refractivity (Wildman–Crippen MR) is 72.4 cm³/mol. The maximum atomic E-state index is 11.6. The van der Waals surface area contributed by atoms with E-state index in [0.29, 0.717) is 11.3 Å². The van der Waals surface area contributed by atoms with Crippen LogP contribution < -0.4 is 21.7 Å². The van der Waals surface area contributed by atoms with E-state index in [-0.39, 0.29) is 19.5 Å².